The molecule has 110 valence electrons. The van der Waals surface area contributed by atoms with Gasteiger partial charge in [0.25, 0.3) is 0 Å². The normalized spacial score (nSPS) is 25.2. The van der Waals surface area contributed by atoms with E-state index < -0.39 is 0 Å². The summed E-state index contributed by atoms with van der Waals surface area (Å²) < 4.78 is 0. The molecule has 0 spiro atoms. The lowest BCUT2D eigenvalue weighted by Crippen LogP contribution is -2.42. The summed E-state index contributed by atoms with van der Waals surface area (Å²) >= 11 is 0. The van der Waals surface area contributed by atoms with E-state index in [9.17, 15) is 4.79 Å². The maximum absolute atomic E-state index is 12.3. The Hall–Kier alpha value is -0.570. The summed E-state index contributed by atoms with van der Waals surface area (Å²) in [5.41, 5.74) is 6.05. The Labute approximate surface area is 117 Å². The van der Waals surface area contributed by atoms with Gasteiger partial charge in [-0.1, -0.05) is 32.1 Å². The summed E-state index contributed by atoms with van der Waals surface area (Å²) in [5, 5.41) is 3.23. The molecule has 3 heteroatoms. The number of hydrogen-bond acceptors (Lipinski definition) is 2. The van der Waals surface area contributed by atoms with Gasteiger partial charge >= 0.3 is 0 Å². The number of hydrogen-bond donors (Lipinski definition) is 2. The average molecular weight is 266 g/mol. The summed E-state index contributed by atoms with van der Waals surface area (Å²) in [7, 11) is 0. The van der Waals surface area contributed by atoms with E-state index in [-0.39, 0.29) is 11.3 Å². The highest BCUT2D eigenvalue weighted by atomic mass is 16.1. The van der Waals surface area contributed by atoms with Crippen LogP contribution in [-0.2, 0) is 4.79 Å². The summed E-state index contributed by atoms with van der Waals surface area (Å²) in [6, 6.07) is 0.341. The minimum atomic E-state index is 0.0950. The lowest BCUT2D eigenvalue weighted by molar-refractivity contribution is -0.124. The Balaban J connectivity index is 1.81. The molecule has 3 nitrogen and oxygen atoms in total. The molecule has 19 heavy (non-hydrogen) atoms. The van der Waals surface area contributed by atoms with E-state index in [1.54, 1.807) is 0 Å². The van der Waals surface area contributed by atoms with Gasteiger partial charge in [-0.25, -0.2) is 0 Å². The molecule has 2 fully saturated rings. The lowest BCUT2D eigenvalue weighted by Gasteiger charge is -2.36. The highest BCUT2D eigenvalue weighted by molar-refractivity contribution is 5.77. The maximum Gasteiger partial charge on any atom is 0.220 e. The van der Waals surface area contributed by atoms with E-state index in [4.69, 9.17) is 5.73 Å². The highest BCUT2D eigenvalue weighted by Crippen LogP contribution is 2.38. The number of amides is 1. The number of nitrogens with two attached hydrogens (primary N) is 1. The smallest absolute Gasteiger partial charge is 0.220 e. The summed E-state index contributed by atoms with van der Waals surface area (Å²) in [6.07, 6.45) is 11.9. The molecule has 0 aromatic carbocycles. The topological polar surface area (TPSA) is 55.1 Å². The van der Waals surface area contributed by atoms with Crippen LogP contribution in [0, 0.1) is 11.3 Å². The number of carbonyl (C=O) groups excluding carboxylic acids is 1. The predicted octanol–water partition coefficient (Wildman–Crippen LogP) is 2.98. The molecule has 0 aromatic heterocycles. The van der Waals surface area contributed by atoms with Crippen LogP contribution in [0.3, 0.4) is 0 Å². The Morgan fingerprint density at radius 1 is 1.21 bits per heavy atom. The van der Waals surface area contributed by atoms with Gasteiger partial charge in [-0.15, -0.1) is 0 Å². The number of carbonyl (C=O) groups is 1. The van der Waals surface area contributed by atoms with E-state index in [0.29, 0.717) is 24.9 Å². The van der Waals surface area contributed by atoms with Gasteiger partial charge in [-0.05, 0) is 50.5 Å². The molecule has 0 aliphatic heterocycles. The molecule has 0 heterocycles. The Morgan fingerprint density at radius 3 is 2.42 bits per heavy atom. The predicted molar refractivity (Wildman–Crippen MR) is 78.8 cm³/mol. The molecule has 2 aliphatic carbocycles. The van der Waals surface area contributed by atoms with Crippen LogP contribution in [0.1, 0.15) is 71.1 Å². The summed E-state index contributed by atoms with van der Waals surface area (Å²) in [4.78, 5) is 12.3. The third-order valence-corrected chi connectivity index (χ3v) is 5.38. The molecule has 2 rings (SSSR count). The molecule has 2 aliphatic rings. The van der Waals surface area contributed by atoms with Crippen LogP contribution >= 0.6 is 0 Å². The standard InChI is InChI=1S/C16H30N2O/c1-13(14-7-3-4-8-14)18-15(19)11-16(12-17)9-5-2-6-10-16/h13-14H,2-12,17H2,1H3,(H,18,19)/t13-/m0/s1. The van der Waals surface area contributed by atoms with Gasteiger partial charge in [-0.2, -0.15) is 0 Å². The third-order valence-electron chi connectivity index (χ3n) is 5.38. The monoisotopic (exact) mass is 266 g/mol. The van der Waals surface area contributed by atoms with Gasteiger partial charge in [-0.3, -0.25) is 4.79 Å². The zero-order chi connectivity index (χ0) is 13.7. The molecular formula is C16H30N2O. The van der Waals surface area contributed by atoms with Crippen LogP contribution in [0.15, 0.2) is 0 Å². The molecule has 1 atom stereocenters. The van der Waals surface area contributed by atoms with Crippen LogP contribution in [0.5, 0.6) is 0 Å². The first-order valence-electron chi connectivity index (χ1n) is 8.15. The summed E-state index contributed by atoms with van der Waals surface area (Å²) in [5.74, 6) is 0.927. The largest absolute Gasteiger partial charge is 0.353 e. The van der Waals surface area contributed by atoms with Crippen LogP contribution in [0.25, 0.3) is 0 Å². The molecule has 0 radical (unpaired) electrons. The van der Waals surface area contributed by atoms with E-state index in [0.717, 1.165) is 12.8 Å². The fourth-order valence-electron chi connectivity index (χ4n) is 3.98. The Kier molecular flexibility index (Phi) is 5.26. The van der Waals surface area contributed by atoms with Crippen LogP contribution in [0.4, 0.5) is 0 Å². The van der Waals surface area contributed by atoms with Gasteiger partial charge in [0.05, 0.1) is 0 Å². The highest BCUT2D eigenvalue weighted by Gasteiger charge is 2.33. The first-order valence-corrected chi connectivity index (χ1v) is 8.15. The van der Waals surface area contributed by atoms with Crippen LogP contribution < -0.4 is 11.1 Å². The van der Waals surface area contributed by atoms with Gasteiger partial charge in [0, 0.05) is 12.5 Å². The second-order valence-corrected chi connectivity index (χ2v) is 6.84. The fraction of sp³-hybridized carbons (Fsp3) is 0.938. The molecule has 0 aromatic rings. The minimum Gasteiger partial charge on any atom is -0.353 e. The number of nitrogens with one attached hydrogen (secondary N) is 1. The first kappa shape index (κ1) is 14.8. The van der Waals surface area contributed by atoms with Gasteiger partial charge in [0.2, 0.25) is 5.91 Å². The Bertz CT molecular complexity index is 291. The zero-order valence-corrected chi connectivity index (χ0v) is 12.4. The molecule has 0 bridgehead atoms. The van der Waals surface area contributed by atoms with Gasteiger partial charge in [0.15, 0.2) is 0 Å². The van der Waals surface area contributed by atoms with Gasteiger partial charge < -0.3 is 11.1 Å². The molecule has 1 amide bonds. The van der Waals surface area contributed by atoms with Crippen molar-refractivity contribution in [3.05, 3.63) is 0 Å². The zero-order valence-electron chi connectivity index (χ0n) is 12.4. The minimum absolute atomic E-state index is 0.0950. The second kappa shape index (κ2) is 6.74. The quantitative estimate of drug-likeness (QED) is 0.803. The van der Waals surface area contributed by atoms with Gasteiger partial charge in [0.1, 0.15) is 0 Å². The Morgan fingerprint density at radius 2 is 1.84 bits per heavy atom. The molecule has 0 unspecified atom stereocenters. The van der Waals surface area contributed by atoms with Crippen molar-refractivity contribution in [2.45, 2.75) is 77.2 Å². The van der Waals surface area contributed by atoms with Crippen molar-refractivity contribution in [1.29, 1.82) is 0 Å². The first-order chi connectivity index (χ1) is 9.15. The van der Waals surface area contributed by atoms with Crippen molar-refractivity contribution >= 4 is 5.91 Å². The van der Waals surface area contributed by atoms with Crippen molar-refractivity contribution < 1.29 is 4.79 Å². The number of rotatable bonds is 5. The molecule has 3 N–H and O–H groups in total. The molecule has 0 saturated heterocycles. The van der Waals surface area contributed by atoms with Crippen molar-refractivity contribution in [1.82, 2.24) is 5.32 Å². The van der Waals surface area contributed by atoms with E-state index in [2.05, 4.69) is 12.2 Å². The van der Waals surface area contributed by atoms with Crippen LogP contribution in [0.2, 0.25) is 0 Å². The molecule has 2 saturated carbocycles. The summed E-state index contributed by atoms with van der Waals surface area (Å²) in [6.45, 7) is 2.84. The van der Waals surface area contributed by atoms with E-state index in [1.807, 2.05) is 0 Å². The van der Waals surface area contributed by atoms with Crippen molar-refractivity contribution in [2.75, 3.05) is 6.54 Å². The van der Waals surface area contributed by atoms with E-state index >= 15 is 0 Å². The maximum atomic E-state index is 12.3. The van der Waals surface area contributed by atoms with E-state index in [1.165, 1.54) is 44.9 Å². The third kappa shape index (κ3) is 3.95. The second-order valence-electron chi connectivity index (χ2n) is 6.84. The SMILES string of the molecule is C[C@H](NC(=O)CC1(CN)CCCCC1)C1CCCC1. The molecular weight excluding hydrogens is 236 g/mol. The van der Waals surface area contributed by atoms with Crippen molar-refractivity contribution in [3.8, 4) is 0 Å². The average Bonchev–Trinajstić information content (AvgIpc) is 2.93. The van der Waals surface area contributed by atoms with Crippen molar-refractivity contribution in [2.24, 2.45) is 17.1 Å². The van der Waals surface area contributed by atoms with Crippen LogP contribution in [-0.4, -0.2) is 18.5 Å². The fourth-order valence-corrected chi connectivity index (χ4v) is 3.98. The van der Waals surface area contributed by atoms with Crippen molar-refractivity contribution in [3.63, 3.8) is 0 Å². The lowest BCUT2D eigenvalue weighted by atomic mass is 9.71.